The summed E-state index contributed by atoms with van der Waals surface area (Å²) in [5, 5.41) is 11.5. The largest absolute Gasteiger partial charge is 0.481 e. The summed E-state index contributed by atoms with van der Waals surface area (Å²) in [6.07, 6.45) is 3.15. The smallest absolute Gasteiger partial charge is 0.353 e. The minimum absolute atomic E-state index is 0.0423. The van der Waals surface area contributed by atoms with E-state index in [9.17, 15) is 31.9 Å². The topological polar surface area (TPSA) is 143 Å². The van der Waals surface area contributed by atoms with E-state index >= 15 is 0 Å². The second kappa shape index (κ2) is 19.0. The van der Waals surface area contributed by atoms with Crippen molar-refractivity contribution in [2.24, 2.45) is 0 Å². The van der Waals surface area contributed by atoms with Crippen LogP contribution in [0.2, 0.25) is 0 Å². The maximum absolute atomic E-state index is 14.6. The third-order valence-corrected chi connectivity index (χ3v) is 12.9. The van der Waals surface area contributed by atoms with Gasteiger partial charge in [0.15, 0.2) is 15.6 Å². The number of carboxylic acids is 1. The Morgan fingerprint density at radius 2 is 1.11 bits per heavy atom. The maximum Gasteiger partial charge on any atom is 0.353 e. The number of nitrogens with zero attached hydrogens (tertiary/aromatic N) is 4. The van der Waals surface area contributed by atoms with Gasteiger partial charge < -0.3 is 23.7 Å². The van der Waals surface area contributed by atoms with Crippen LogP contribution >= 0.6 is 31.9 Å². The summed E-state index contributed by atoms with van der Waals surface area (Å²) in [6, 6.07) is 30.6. The molecular weight excluding hydrogens is 962 g/mol. The highest BCUT2D eigenvalue weighted by atomic mass is 79.9. The van der Waals surface area contributed by atoms with Crippen molar-refractivity contribution in [3.05, 3.63) is 165 Å². The molecule has 0 saturated heterocycles. The van der Waals surface area contributed by atoms with Gasteiger partial charge in [-0.1, -0.05) is 75.2 Å². The highest BCUT2D eigenvalue weighted by Gasteiger charge is 2.30. The molecular formula is C47H38Br2F2N4O7S. The molecule has 1 N–H and O–H groups in total. The Bertz CT molecular complexity index is 3150. The number of halogens is 4. The first-order valence-corrected chi connectivity index (χ1v) is 22.7. The van der Waals surface area contributed by atoms with Gasteiger partial charge in [0.2, 0.25) is 11.8 Å². The fraction of sp³-hybridized carbons (Fsp3) is 0.149. The number of Topliss-reactive ketones (excluding diaryl/α,β-unsaturated/α-hetero) is 1. The van der Waals surface area contributed by atoms with Crippen LogP contribution in [0.4, 0.5) is 8.78 Å². The molecule has 0 atom stereocenters. The van der Waals surface area contributed by atoms with Gasteiger partial charge in [-0.15, -0.1) is 0 Å². The van der Waals surface area contributed by atoms with E-state index in [0.717, 1.165) is 8.95 Å². The number of ether oxygens (including phenoxy) is 2. The standard InChI is InChI=1S/C25H22BrFN2O4S.C22H16BrFN2O3/c1-3-34(31,32)15-22(30)24-23(18-8-6-12-28-25(18)33-2)19-13-17(26)10-11-21(19)29(24)14-16-7-4-5-9-20(16)27;1-29-21-15(6-4-10-25-21)19-16-11-14(23)8-9-18(16)26(20(19)22(27)28)12-13-5-2-3-7-17(13)24/h4-13H,3,14-15H2,1-2H3;2-11H,12H2,1H3,(H,27,28). The third kappa shape index (κ3) is 9.29. The van der Waals surface area contributed by atoms with E-state index in [1.54, 1.807) is 82.2 Å². The Kier molecular flexibility index (Phi) is 13.5. The molecule has 8 aromatic rings. The number of methoxy groups -OCH3 is 2. The summed E-state index contributed by atoms with van der Waals surface area (Å²) in [4.78, 5) is 34.4. The lowest BCUT2D eigenvalue weighted by atomic mass is 10.0. The van der Waals surface area contributed by atoms with E-state index in [2.05, 4.69) is 41.8 Å². The van der Waals surface area contributed by atoms with Crippen LogP contribution in [-0.4, -0.2) is 70.1 Å². The van der Waals surface area contributed by atoms with Crippen molar-refractivity contribution in [2.45, 2.75) is 20.0 Å². The van der Waals surface area contributed by atoms with Crippen molar-refractivity contribution in [2.75, 3.05) is 25.7 Å². The molecule has 4 aromatic heterocycles. The zero-order valence-corrected chi connectivity index (χ0v) is 38.0. The molecule has 4 heterocycles. The number of rotatable bonds is 13. The molecule has 11 nitrogen and oxygen atoms in total. The predicted molar refractivity (Wildman–Crippen MR) is 245 cm³/mol. The predicted octanol–water partition coefficient (Wildman–Crippen LogP) is 10.6. The average Bonchev–Trinajstić information content (AvgIpc) is 3.76. The molecule has 0 aliphatic rings. The van der Waals surface area contributed by atoms with Gasteiger partial charge in [-0.25, -0.2) is 32.0 Å². The molecule has 0 aliphatic carbocycles. The Labute approximate surface area is 378 Å². The molecule has 8 rings (SSSR count). The number of ketones is 1. The number of hydrogen-bond donors (Lipinski definition) is 1. The Balaban J connectivity index is 0.000000191. The lowest BCUT2D eigenvalue weighted by Gasteiger charge is -2.13. The molecule has 0 amide bonds. The Morgan fingerprint density at radius 1 is 0.667 bits per heavy atom. The normalized spacial score (nSPS) is 11.3. The van der Waals surface area contributed by atoms with Crippen molar-refractivity contribution < 1.29 is 41.4 Å². The first-order valence-electron chi connectivity index (χ1n) is 19.3. The van der Waals surface area contributed by atoms with Crippen LogP contribution in [0.1, 0.15) is 39.0 Å². The average molecular weight is 1000 g/mol. The Morgan fingerprint density at radius 3 is 1.54 bits per heavy atom. The minimum atomic E-state index is -3.62. The molecule has 322 valence electrons. The van der Waals surface area contributed by atoms with Gasteiger partial charge in [0.25, 0.3) is 0 Å². The molecule has 16 heteroatoms. The van der Waals surface area contributed by atoms with Crippen LogP contribution in [0.3, 0.4) is 0 Å². The second-order valence-electron chi connectivity index (χ2n) is 14.2. The molecule has 0 fully saturated rings. The van der Waals surface area contributed by atoms with Gasteiger partial charge >= 0.3 is 5.97 Å². The molecule has 63 heavy (non-hydrogen) atoms. The molecule has 0 radical (unpaired) electrons. The van der Waals surface area contributed by atoms with Crippen LogP contribution in [0, 0.1) is 11.6 Å². The molecule has 4 aromatic carbocycles. The van der Waals surface area contributed by atoms with Crippen molar-refractivity contribution in [1.82, 2.24) is 19.1 Å². The van der Waals surface area contributed by atoms with Gasteiger partial charge in [0, 0.05) is 82.3 Å². The van der Waals surface area contributed by atoms with E-state index in [1.807, 2.05) is 36.4 Å². The fourth-order valence-corrected chi connectivity index (χ4v) is 8.95. The number of fused-ring (bicyclic) bond motifs is 2. The monoisotopic (exact) mass is 998 g/mol. The van der Waals surface area contributed by atoms with Gasteiger partial charge in [-0.3, -0.25) is 4.79 Å². The Hall–Kier alpha value is -6.23. The lowest BCUT2D eigenvalue weighted by molar-refractivity contribution is 0.0686. The van der Waals surface area contributed by atoms with Gasteiger partial charge in [-0.05, 0) is 72.8 Å². The van der Waals surface area contributed by atoms with Crippen LogP contribution in [0.5, 0.6) is 11.8 Å². The second-order valence-corrected chi connectivity index (χ2v) is 18.3. The third-order valence-electron chi connectivity index (χ3n) is 10.3. The summed E-state index contributed by atoms with van der Waals surface area (Å²) in [7, 11) is -0.656. The number of benzene rings is 4. The van der Waals surface area contributed by atoms with Gasteiger partial charge in [0.1, 0.15) is 23.1 Å². The van der Waals surface area contributed by atoms with E-state index in [0.29, 0.717) is 66.9 Å². The number of carbonyl (C=O) groups is 2. The van der Waals surface area contributed by atoms with E-state index < -0.39 is 33.2 Å². The molecule has 0 spiro atoms. The maximum atomic E-state index is 14.6. The molecule has 0 bridgehead atoms. The van der Waals surface area contributed by atoms with Crippen molar-refractivity contribution in [3.8, 4) is 34.0 Å². The minimum Gasteiger partial charge on any atom is -0.481 e. The van der Waals surface area contributed by atoms with Crippen LogP contribution < -0.4 is 9.47 Å². The number of carbonyl (C=O) groups excluding carboxylic acids is 1. The van der Waals surface area contributed by atoms with Gasteiger partial charge in [-0.2, -0.15) is 0 Å². The summed E-state index contributed by atoms with van der Waals surface area (Å²) >= 11 is 6.95. The van der Waals surface area contributed by atoms with E-state index in [4.69, 9.17) is 9.47 Å². The number of aromatic nitrogens is 4. The van der Waals surface area contributed by atoms with Crippen LogP contribution in [0.15, 0.2) is 131 Å². The highest BCUT2D eigenvalue weighted by Crippen LogP contribution is 2.42. The number of aromatic carboxylic acids is 1. The van der Waals surface area contributed by atoms with Crippen molar-refractivity contribution in [3.63, 3.8) is 0 Å². The van der Waals surface area contributed by atoms with Crippen molar-refractivity contribution in [1.29, 1.82) is 0 Å². The number of hydrogen-bond acceptors (Lipinski definition) is 8. The van der Waals surface area contributed by atoms with Gasteiger partial charge in [0.05, 0.1) is 33.0 Å². The molecule has 0 aliphatic heterocycles. The summed E-state index contributed by atoms with van der Waals surface area (Å²) in [5.74, 6) is -2.71. The van der Waals surface area contributed by atoms with E-state index in [-0.39, 0.29) is 36.0 Å². The molecule has 0 unspecified atom stereocenters. The SMILES string of the molecule is CCS(=O)(=O)CC(=O)c1c(-c2cccnc2OC)c2cc(Br)ccc2n1Cc1ccccc1F.COc1ncccc1-c1c(C(=O)O)n(Cc2ccccc2F)c2ccc(Br)cc12. The zero-order valence-electron chi connectivity index (χ0n) is 34.0. The summed E-state index contributed by atoms with van der Waals surface area (Å²) < 4.78 is 69.5. The number of carboxylic acid groups (broad SMARTS) is 1. The van der Waals surface area contributed by atoms with Crippen LogP contribution in [-0.2, 0) is 22.9 Å². The zero-order chi connectivity index (χ0) is 45.0. The molecule has 0 saturated carbocycles. The summed E-state index contributed by atoms with van der Waals surface area (Å²) in [5.41, 5.74) is 4.40. The first kappa shape index (κ1) is 44.8. The highest BCUT2D eigenvalue weighted by molar-refractivity contribution is 9.10. The number of pyridine rings is 2. The lowest BCUT2D eigenvalue weighted by Crippen LogP contribution is -2.21. The summed E-state index contributed by atoms with van der Waals surface area (Å²) in [6.45, 7) is 1.62. The van der Waals surface area contributed by atoms with Crippen molar-refractivity contribution >= 4 is 75.3 Å². The fourth-order valence-electron chi connectivity index (χ4n) is 7.49. The first-order chi connectivity index (χ1) is 30.3. The number of sulfone groups is 1. The van der Waals surface area contributed by atoms with E-state index in [1.165, 1.54) is 33.3 Å². The quantitative estimate of drug-likeness (QED) is 0.112. The van der Waals surface area contributed by atoms with Crippen LogP contribution in [0.25, 0.3) is 44.1 Å².